The lowest BCUT2D eigenvalue weighted by Crippen LogP contribution is -2.33. The molecule has 0 aliphatic heterocycles. The van der Waals surface area contributed by atoms with Gasteiger partial charge in [0, 0.05) is 34.8 Å². The summed E-state index contributed by atoms with van der Waals surface area (Å²) in [6.07, 6.45) is 6.98. The molecule has 5 rings (SSSR count). The highest BCUT2D eigenvalue weighted by molar-refractivity contribution is 5.88. The maximum Gasteiger partial charge on any atom is 0.0419 e. The third kappa shape index (κ3) is 7.12. The Bertz CT molecular complexity index is 1500. The zero-order valence-corrected chi connectivity index (χ0v) is 27.8. The molecule has 0 fully saturated rings. The van der Waals surface area contributed by atoms with E-state index in [0.717, 1.165) is 12.8 Å². The minimum absolute atomic E-state index is 0.433. The van der Waals surface area contributed by atoms with Crippen molar-refractivity contribution in [2.24, 2.45) is 11.8 Å². The van der Waals surface area contributed by atoms with Gasteiger partial charge < -0.3 is 9.80 Å². The molecule has 5 aromatic rings. The molecule has 0 amide bonds. The smallest absolute Gasteiger partial charge is 0.0419 e. The molecule has 0 bridgehead atoms. The number of fused-ring (bicyclic) bond motifs is 2. The molecule has 0 aromatic heterocycles. The monoisotopic (exact) mass is 584 g/mol. The van der Waals surface area contributed by atoms with Crippen molar-refractivity contribution in [2.75, 3.05) is 9.80 Å². The van der Waals surface area contributed by atoms with Crippen LogP contribution in [0.15, 0.2) is 109 Å². The molecule has 2 heteroatoms. The largest absolute Gasteiger partial charge is 0.338 e. The van der Waals surface area contributed by atoms with Crippen molar-refractivity contribution in [2.45, 2.75) is 92.2 Å². The van der Waals surface area contributed by atoms with E-state index in [0.29, 0.717) is 23.9 Å². The predicted octanol–water partition coefficient (Wildman–Crippen LogP) is 12.7. The number of hydrogen-bond acceptors (Lipinski definition) is 2. The first kappa shape index (κ1) is 31.6. The second-order valence-corrected chi connectivity index (χ2v) is 12.9. The van der Waals surface area contributed by atoms with Gasteiger partial charge in [-0.1, -0.05) is 115 Å². The van der Waals surface area contributed by atoms with Gasteiger partial charge in [0.15, 0.2) is 0 Å². The molecule has 0 aliphatic carbocycles. The Balaban J connectivity index is 1.58. The summed E-state index contributed by atoms with van der Waals surface area (Å²) in [4.78, 5) is 5.22. The lowest BCUT2D eigenvalue weighted by atomic mass is 9.94. The van der Waals surface area contributed by atoms with Crippen LogP contribution in [-0.2, 0) is 0 Å². The Morgan fingerprint density at radius 2 is 0.750 bits per heavy atom. The topological polar surface area (TPSA) is 6.48 Å². The first-order chi connectivity index (χ1) is 21.4. The molecule has 4 unspecified atom stereocenters. The van der Waals surface area contributed by atoms with Crippen LogP contribution in [0.1, 0.15) is 80.1 Å². The van der Waals surface area contributed by atoms with Gasteiger partial charge in [0.2, 0.25) is 0 Å². The molecule has 2 nitrogen and oxygen atoms in total. The van der Waals surface area contributed by atoms with Crippen LogP contribution < -0.4 is 9.80 Å². The van der Waals surface area contributed by atoms with Crippen molar-refractivity contribution in [1.29, 1.82) is 0 Å². The van der Waals surface area contributed by atoms with Gasteiger partial charge in [0.25, 0.3) is 0 Å². The molecule has 0 aliphatic rings. The van der Waals surface area contributed by atoms with Crippen molar-refractivity contribution in [3.8, 4) is 0 Å². The van der Waals surface area contributed by atoms with Crippen molar-refractivity contribution >= 4 is 44.3 Å². The second kappa shape index (κ2) is 14.8. The maximum absolute atomic E-state index is 2.61. The van der Waals surface area contributed by atoms with Crippen LogP contribution in [0.2, 0.25) is 0 Å². The van der Waals surface area contributed by atoms with Gasteiger partial charge in [-0.25, -0.2) is 0 Å². The summed E-state index contributed by atoms with van der Waals surface area (Å²) in [5.41, 5.74) is 5.10. The lowest BCUT2D eigenvalue weighted by Gasteiger charge is -2.37. The first-order valence-electron chi connectivity index (χ1n) is 17.1. The minimum Gasteiger partial charge on any atom is -0.338 e. The van der Waals surface area contributed by atoms with Crippen LogP contribution in [0.4, 0.5) is 22.7 Å². The molecule has 44 heavy (non-hydrogen) atoms. The summed E-state index contributed by atoms with van der Waals surface area (Å²) < 4.78 is 0. The van der Waals surface area contributed by atoms with Gasteiger partial charge in [-0.2, -0.15) is 0 Å². The van der Waals surface area contributed by atoms with E-state index in [9.17, 15) is 0 Å². The van der Waals surface area contributed by atoms with Gasteiger partial charge in [-0.3, -0.25) is 0 Å². The minimum atomic E-state index is 0.433. The van der Waals surface area contributed by atoms with Crippen LogP contribution in [0, 0.1) is 11.8 Å². The normalized spacial score (nSPS) is 14.3. The van der Waals surface area contributed by atoms with Gasteiger partial charge >= 0.3 is 0 Å². The highest BCUT2D eigenvalue weighted by atomic mass is 15.2. The summed E-state index contributed by atoms with van der Waals surface area (Å²) in [6, 6.07) is 41.7. The SMILES string of the molecule is CCC(C)CC(CC)N(c1ccc(N(c2ccc3ccccc3c2)C(CC)CC(C)CC)cc1)c1ccc2ccccc2c1. The third-order valence-corrected chi connectivity index (χ3v) is 9.84. The third-order valence-electron chi connectivity index (χ3n) is 9.84. The van der Waals surface area contributed by atoms with E-state index in [-0.39, 0.29) is 0 Å². The second-order valence-electron chi connectivity index (χ2n) is 12.9. The van der Waals surface area contributed by atoms with E-state index in [1.807, 2.05) is 0 Å². The highest BCUT2D eigenvalue weighted by Gasteiger charge is 2.24. The molecular weight excluding hydrogens is 532 g/mol. The van der Waals surface area contributed by atoms with E-state index >= 15 is 0 Å². The Morgan fingerprint density at radius 1 is 0.409 bits per heavy atom. The van der Waals surface area contributed by atoms with Crippen LogP contribution in [0.5, 0.6) is 0 Å². The number of hydrogen-bond donors (Lipinski definition) is 0. The molecule has 5 aromatic carbocycles. The summed E-state index contributed by atoms with van der Waals surface area (Å²) in [7, 11) is 0. The van der Waals surface area contributed by atoms with Gasteiger partial charge in [-0.15, -0.1) is 0 Å². The summed E-state index contributed by atoms with van der Waals surface area (Å²) in [6.45, 7) is 14.1. The first-order valence-corrected chi connectivity index (χ1v) is 17.1. The van der Waals surface area contributed by atoms with Crippen molar-refractivity contribution < 1.29 is 0 Å². The summed E-state index contributed by atoms with van der Waals surface area (Å²) in [5.74, 6) is 1.35. The summed E-state index contributed by atoms with van der Waals surface area (Å²) in [5, 5.41) is 5.17. The molecule has 0 saturated carbocycles. The van der Waals surface area contributed by atoms with Crippen molar-refractivity contribution in [1.82, 2.24) is 0 Å². The predicted molar refractivity (Wildman–Crippen MR) is 195 cm³/mol. The Morgan fingerprint density at radius 3 is 1.09 bits per heavy atom. The Kier molecular flexibility index (Phi) is 10.6. The average Bonchev–Trinajstić information content (AvgIpc) is 3.07. The standard InChI is InChI=1S/C42H52N2/c1-7-31(5)27-37(9-3)43(41-21-19-33-15-11-13-17-35(33)29-41)39-23-25-40(26-24-39)44(38(10-4)28-32(6)8-2)42-22-20-34-16-12-14-18-36(34)30-42/h11-26,29-32,37-38H,7-10,27-28H2,1-6H3. The Labute approximate surface area is 266 Å². The van der Waals surface area contributed by atoms with Crippen LogP contribution >= 0.6 is 0 Å². The van der Waals surface area contributed by atoms with Gasteiger partial charge in [-0.05, 0) is 108 Å². The quantitative estimate of drug-likeness (QED) is 0.128. The maximum atomic E-state index is 2.61. The van der Waals surface area contributed by atoms with E-state index < -0.39 is 0 Å². The Hall–Kier alpha value is -3.78. The fourth-order valence-electron chi connectivity index (χ4n) is 6.74. The molecule has 230 valence electrons. The fourth-order valence-corrected chi connectivity index (χ4v) is 6.74. The van der Waals surface area contributed by atoms with E-state index in [1.54, 1.807) is 0 Å². The fraction of sp³-hybridized carbons (Fsp3) is 0.381. The molecule has 0 spiro atoms. The lowest BCUT2D eigenvalue weighted by molar-refractivity contribution is 0.439. The van der Waals surface area contributed by atoms with E-state index in [1.165, 1.54) is 70.0 Å². The molecule has 0 saturated heterocycles. The van der Waals surface area contributed by atoms with E-state index in [4.69, 9.17) is 0 Å². The zero-order chi connectivity index (χ0) is 31.1. The van der Waals surface area contributed by atoms with E-state index in [2.05, 4.69) is 161 Å². The molecule has 0 N–H and O–H groups in total. The number of anilines is 4. The average molecular weight is 585 g/mol. The summed E-state index contributed by atoms with van der Waals surface area (Å²) >= 11 is 0. The van der Waals surface area contributed by atoms with Crippen LogP contribution in [0.25, 0.3) is 21.5 Å². The van der Waals surface area contributed by atoms with Crippen LogP contribution in [-0.4, -0.2) is 12.1 Å². The zero-order valence-electron chi connectivity index (χ0n) is 27.8. The van der Waals surface area contributed by atoms with Crippen molar-refractivity contribution in [3.05, 3.63) is 109 Å². The number of benzene rings is 5. The van der Waals surface area contributed by atoms with Crippen molar-refractivity contribution in [3.63, 3.8) is 0 Å². The molecule has 0 radical (unpaired) electrons. The number of nitrogens with zero attached hydrogens (tertiary/aromatic N) is 2. The van der Waals surface area contributed by atoms with Gasteiger partial charge in [0.05, 0.1) is 0 Å². The van der Waals surface area contributed by atoms with Gasteiger partial charge in [0.1, 0.15) is 0 Å². The number of rotatable bonds is 14. The van der Waals surface area contributed by atoms with Crippen LogP contribution in [0.3, 0.4) is 0 Å². The highest BCUT2D eigenvalue weighted by Crippen LogP contribution is 2.38. The molecule has 0 heterocycles. The molecular formula is C42H52N2. The molecule has 4 atom stereocenters.